The lowest BCUT2D eigenvalue weighted by molar-refractivity contribution is -0.119. The van der Waals surface area contributed by atoms with Gasteiger partial charge in [-0.2, -0.15) is 0 Å². The number of carbonyl (C=O) groups is 1. The van der Waals surface area contributed by atoms with E-state index in [0.29, 0.717) is 11.4 Å². The minimum atomic E-state index is -0.250. The highest BCUT2D eigenvalue weighted by Gasteiger charge is 2.07. The second kappa shape index (κ2) is 7.33. The maximum Gasteiger partial charge on any atom is 0.250 e. The summed E-state index contributed by atoms with van der Waals surface area (Å²) < 4.78 is 9.90. The summed E-state index contributed by atoms with van der Waals surface area (Å²) in [5.74, 6) is 5.95. The Balaban J connectivity index is 2.95. The van der Waals surface area contributed by atoms with Crippen molar-refractivity contribution in [2.24, 2.45) is 5.73 Å². The van der Waals surface area contributed by atoms with Crippen molar-refractivity contribution in [2.75, 3.05) is 32.7 Å². The van der Waals surface area contributed by atoms with Gasteiger partial charge in [0.1, 0.15) is 12.4 Å². The standard InChI is InChI=1S/C13H16N2O3/c1-17-9-13(16)15-11-8-10(4-3-7-14)5-6-12(11)18-2/h5-6,8H,7,9,14H2,1-2H3,(H,15,16). The molecule has 0 unspecified atom stereocenters. The van der Waals surface area contributed by atoms with E-state index < -0.39 is 0 Å². The van der Waals surface area contributed by atoms with Gasteiger partial charge in [-0.25, -0.2) is 0 Å². The van der Waals surface area contributed by atoms with Crippen LogP contribution in [-0.2, 0) is 9.53 Å². The molecule has 0 saturated heterocycles. The van der Waals surface area contributed by atoms with Crippen LogP contribution in [0.15, 0.2) is 18.2 Å². The second-order valence-electron chi connectivity index (χ2n) is 3.40. The molecule has 0 aliphatic rings. The Morgan fingerprint density at radius 3 is 2.83 bits per heavy atom. The van der Waals surface area contributed by atoms with E-state index in [2.05, 4.69) is 17.2 Å². The van der Waals surface area contributed by atoms with Crippen molar-refractivity contribution >= 4 is 11.6 Å². The number of methoxy groups -OCH3 is 2. The molecule has 0 atom stereocenters. The van der Waals surface area contributed by atoms with Crippen LogP contribution in [-0.4, -0.2) is 33.3 Å². The van der Waals surface area contributed by atoms with Crippen molar-refractivity contribution in [1.29, 1.82) is 0 Å². The topological polar surface area (TPSA) is 73.6 Å². The Labute approximate surface area is 106 Å². The molecule has 0 heterocycles. The number of hydrogen-bond donors (Lipinski definition) is 2. The molecule has 0 aliphatic carbocycles. The number of rotatable bonds is 4. The molecule has 0 aromatic heterocycles. The highest BCUT2D eigenvalue weighted by molar-refractivity contribution is 5.93. The third kappa shape index (κ3) is 4.09. The number of benzene rings is 1. The normalized spacial score (nSPS) is 9.28. The van der Waals surface area contributed by atoms with E-state index in [1.165, 1.54) is 14.2 Å². The molecule has 5 heteroatoms. The number of carbonyl (C=O) groups excluding carboxylic acids is 1. The molecular formula is C13H16N2O3. The lowest BCUT2D eigenvalue weighted by atomic mass is 10.2. The van der Waals surface area contributed by atoms with Gasteiger partial charge in [0.05, 0.1) is 19.3 Å². The Morgan fingerprint density at radius 1 is 1.44 bits per heavy atom. The van der Waals surface area contributed by atoms with Crippen LogP contribution in [0.4, 0.5) is 5.69 Å². The van der Waals surface area contributed by atoms with Gasteiger partial charge in [-0.3, -0.25) is 4.79 Å². The molecule has 0 fully saturated rings. The zero-order valence-corrected chi connectivity index (χ0v) is 10.4. The van der Waals surface area contributed by atoms with Gasteiger partial charge in [0.15, 0.2) is 0 Å². The fourth-order valence-corrected chi connectivity index (χ4v) is 1.35. The molecule has 96 valence electrons. The van der Waals surface area contributed by atoms with Crippen LogP contribution in [0.2, 0.25) is 0 Å². The molecule has 1 rings (SSSR count). The summed E-state index contributed by atoms with van der Waals surface area (Å²) in [4.78, 5) is 11.5. The third-order valence-corrected chi connectivity index (χ3v) is 2.08. The number of hydrogen-bond acceptors (Lipinski definition) is 4. The summed E-state index contributed by atoms with van der Waals surface area (Å²) in [5, 5.41) is 2.69. The smallest absolute Gasteiger partial charge is 0.250 e. The molecule has 1 aromatic rings. The number of anilines is 1. The van der Waals surface area contributed by atoms with Gasteiger partial charge in [-0.05, 0) is 18.2 Å². The minimum absolute atomic E-state index is 0.0120. The van der Waals surface area contributed by atoms with Crippen LogP contribution in [0.1, 0.15) is 5.56 Å². The summed E-state index contributed by atoms with van der Waals surface area (Å²) in [5.41, 5.74) is 6.62. The Kier molecular flexibility index (Phi) is 5.71. The highest BCUT2D eigenvalue weighted by Crippen LogP contribution is 2.25. The lowest BCUT2D eigenvalue weighted by Gasteiger charge is -2.10. The van der Waals surface area contributed by atoms with E-state index in [0.717, 1.165) is 5.56 Å². The molecule has 0 spiro atoms. The monoisotopic (exact) mass is 248 g/mol. The molecule has 0 bridgehead atoms. The first-order valence-corrected chi connectivity index (χ1v) is 5.37. The first kappa shape index (κ1) is 14.0. The fraction of sp³-hybridized carbons (Fsp3) is 0.308. The molecule has 0 radical (unpaired) electrons. The SMILES string of the molecule is COCC(=O)Nc1cc(C#CCN)ccc1OC. The molecule has 0 saturated carbocycles. The molecular weight excluding hydrogens is 232 g/mol. The quantitative estimate of drug-likeness (QED) is 0.765. The molecule has 5 nitrogen and oxygen atoms in total. The number of nitrogens with two attached hydrogens (primary N) is 1. The largest absolute Gasteiger partial charge is 0.495 e. The number of ether oxygens (including phenoxy) is 2. The van der Waals surface area contributed by atoms with E-state index in [-0.39, 0.29) is 19.1 Å². The van der Waals surface area contributed by atoms with Crippen molar-refractivity contribution in [1.82, 2.24) is 0 Å². The predicted octanol–water partition coefficient (Wildman–Crippen LogP) is 0.590. The van der Waals surface area contributed by atoms with Gasteiger partial charge in [-0.15, -0.1) is 0 Å². The van der Waals surface area contributed by atoms with E-state index in [9.17, 15) is 4.79 Å². The maximum absolute atomic E-state index is 11.5. The Hall–Kier alpha value is -2.03. The molecule has 1 aromatic carbocycles. The summed E-state index contributed by atoms with van der Waals surface area (Å²) in [6, 6.07) is 5.27. The highest BCUT2D eigenvalue weighted by atomic mass is 16.5. The molecule has 1 amide bonds. The Bertz CT molecular complexity index is 475. The molecule has 0 aliphatic heterocycles. The van der Waals surface area contributed by atoms with Gasteiger partial charge < -0.3 is 20.5 Å². The minimum Gasteiger partial charge on any atom is -0.495 e. The van der Waals surface area contributed by atoms with Crippen LogP contribution < -0.4 is 15.8 Å². The first-order chi connectivity index (χ1) is 8.71. The van der Waals surface area contributed by atoms with Gasteiger partial charge in [0.25, 0.3) is 0 Å². The summed E-state index contributed by atoms with van der Waals surface area (Å²) >= 11 is 0. The summed E-state index contributed by atoms with van der Waals surface area (Å²) in [6.45, 7) is 0.277. The van der Waals surface area contributed by atoms with E-state index in [1.807, 2.05) is 0 Å². The zero-order chi connectivity index (χ0) is 13.4. The van der Waals surface area contributed by atoms with Crippen molar-refractivity contribution in [3.05, 3.63) is 23.8 Å². The second-order valence-corrected chi connectivity index (χ2v) is 3.40. The first-order valence-electron chi connectivity index (χ1n) is 5.37. The van der Waals surface area contributed by atoms with E-state index in [4.69, 9.17) is 15.2 Å². The van der Waals surface area contributed by atoms with Gasteiger partial charge in [0.2, 0.25) is 5.91 Å². The number of nitrogens with one attached hydrogen (secondary N) is 1. The average Bonchev–Trinajstić information content (AvgIpc) is 2.37. The van der Waals surface area contributed by atoms with Crippen LogP contribution in [0, 0.1) is 11.8 Å². The summed E-state index contributed by atoms with van der Waals surface area (Å²) in [7, 11) is 2.99. The van der Waals surface area contributed by atoms with Gasteiger partial charge >= 0.3 is 0 Å². The maximum atomic E-state index is 11.5. The van der Waals surface area contributed by atoms with E-state index >= 15 is 0 Å². The van der Waals surface area contributed by atoms with Gasteiger partial charge in [-0.1, -0.05) is 11.8 Å². The third-order valence-electron chi connectivity index (χ3n) is 2.08. The van der Waals surface area contributed by atoms with Crippen LogP contribution in [0.5, 0.6) is 5.75 Å². The Morgan fingerprint density at radius 2 is 2.22 bits per heavy atom. The predicted molar refractivity (Wildman–Crippen MR) is 69.4 cm³/mol. The zero-order valence-electron chi connectivity index (χ0n) is 10.4. The van der Waals surface area contributed by atoms with Gasteiger partial charge in [0, 0.05) is 12.7 Å². The average molecular weight is 248 g/mol. The fourth-order valence-electron chi connectivity index (χ4n) is 1.35. The molecule has 3 N–H and O–H groups in total. The molecule has 18 heavy (non-hydrogen) atoms. The van der Waals surface area contributed by atoms with Crippen molar-refractivity contribution in [2.45, 2.75) is 0 Å². The van der Waals surface area contributed by atoms with Crippen molar-refractivity contribution in [3.8, 4) is 17.6 Å². The lowest BCUT2D eigenvalue weighted by Crippen LogP contribution is -2.17. The van der Waals surface area contributed by atoms with Crippen molar-refractivity contribution in [3.63, 3.8) is 0 Å². The van der Waals surface area contributed by atoms with Crippen LogP contribution >= 0.6 is 0 Å². The van der Waals surface area contributed by atoms with Crippen LogP contribution in [0.3, 0.4) is 0 Å². The number of amides is 1. The van der Waals surface area contributed by atoms with Crippen molar-refractivity contribution < 1.29 is 14.3 Å². The van der Waals surface area contributed by atoms with E-state index in [1.54, 1.807) is 18.2 Å². The summed E-state index contributed by atoms with van der Waals surface area (Å²) in [6.07, 6.45) is 0. The van der Waals surface area contributed by atoms with Crippen LogP contribution in [0.25, 0.3) is 0 Å².